The molecule has 0 aliphatic carbocycles. The van der Waals surface area contributed by atoms with Crippen molar-refractivity contribution in [3.63, 3.8) is 0 Å². The van der Waals surface area contributed by atoms with Gasteiger partial charge in [-0.1, -0.05) is 40.7 Å². The highest BCUT2D eigenvalue weighted by Crippen LogP contribution is 2.27. The van der Waals surface area contributed by atoms with Crippen LogP contribution in [-0.4, -0.2) is 30.3 Å². The fourth-order valence-corrected chi connectivity index (χ4v) is 3.07. The van der Waals surface area contributed by atoms with Crippen molar-refractivity contribution in [2.45, 2.75) is 17.5 Å². The van der Waals surface area contributed by atoms with Gasteiger partial charge in [-0.05, 0) is 34.7 Å². The lowest BCUT2D eigenvalue weighted by molar-refractivity contribution is 0.425. The highest BCUT2D eigenvalue weighted by atomic mass is 35.5. The summed E-state index contributed by atoms with van der Waals surface area (Å²) < 4.78 is 12.2. The maximum atomic E-state index is 6.14. The number of hydrogen-bond acceptors (Lipinski definition) is 8. The van der Waals surface area contributed by atoms with Crippen LogP contribution in [0.5, 0.6) is 0 Å². The van der Waals surface area contributed by atoms with Crippen LogP contribution in [0, 0.1) is 0 Å². The molecule has 0 atom stereocenters. The SMILES string of the molecule is Clc1ccccc1-c1nc(CSc2nnnn2Cc2ccco2)no1. The Morgan fingerprint density at radius 1 is 1.16 bits per heavy atom. The van der Waals surface area contributed by atoms with Gasteiger partial charge in [0.1, 0.15) is 12.3 Å². The van der Waals surface area contributed by atoms with E-state index in [-0.39, 0.29) is 0 Å². The lowest BCUT2D eigenvalue weighted by atomic mass is 10.2. The van der Waals surface area contributed by atoms with Crippen molar-refractivity contribution in [1.29, 1.82) is 0 Å². The number of benzene rings is 1. The molecule has 3 heterocycles. The van der Waals surface area contributed by atoms with Gasteiger partial charge in [0, 0.05) is 0 Å². The Morgan fingerprint density at radius 2 is 2.08 bits per heavy atom. The molecule has 0 fully saturated rings. The van der Waals surface area contributed by atoms with E-state index in [9.17, 15) is 0 Å². The highest BCUT2D eigenvalue weighted by molar-refractivity contribution is 7.98. The first-order valence-corrected chi connectivity index (χ1v) is 8.65. The van der Waals surface area contributed by atoms with E-state index in [1.165, 1.54) is 11.8 Å². The summed E-state index contributed by atoms with van der Waals surface area (Å²) in [4.78, 5) is 4.37. The van der Waals surface area contributed by atoms with E-state index in [2.05, 4.69) is 25.7 Å². The van der Waals surface area contributed by atoms with Crippen molar-refractivity contribution in [3.8, 4) is 11.5 Å². The number of tetrazole rings is 1. The van der Waals surface area contributed by atoms with Crippen LogP contribution in [0.3, 0.4) is 0 Å². The molecule has 126 valence electrons. The first kappa shape index (κ1) is 15.9. The Kier molecular flexibility index (Phi) is 4.49. The molecular formula is C15H11ClN6O2S. The van der Waals surface area contributed by atoms with Crippen molar-refractivity contribution < 1.29 is 8.94 Å². The quantitative estimate of drug-likeness (QED) is 0.474. The molecule has 0 N–H and O–H groups in total. The molecular weight excluding hydrogens is 364 g/mol. The summed E-state index contributed by atoms with van der Waals surface area (Å²) in [6.45, 7) is 0.458. The molecule has 25 heavy (non-hydrogen) atoms. The van der Waals surface area contributed by atoms with Crippen molar-refractivity contribution in [3.05, 3.63) is 59.3 Å². The second-order valence-electron chi connectivity index (χ2n) is 4.98. The summed E-state index contributed by atoms with van der Waals surface area (Å²) in [5.74, 6) is 2.16. The fraction of sp³-hybridized carbons (Fsp3) is 0.133. The van der Waals surface area contributed by atoms with Gasteiger partial charge >= 0.3 is 0 Å². The molecule has 3 aromatic heterocycles. The second-order valence-corrected chi connectivity index (χ2v) is 6.33. The first-order valence-electron chi connectivity index (χ1n) is 7.28. The number of nitrogens with zero attached hydrogens (tertiary/aromatic N) is 6. The minimum absolute atomic E-state index is 0.386. The average Bonchev–Trinajstić information content (AvgIpc) is 3.36. The van der Waals surface area contributed by atoms with Crippen molar-refractivity contribution in [2.75, 3.05) is 0 Å². The van der Waals surface area contributed by atoms with Gasteiger partial charge in [-0.25, -0.2) is 4.68 Å². The van der Waals surface area contributed by atoms with Crippen LogP contribution in [0.2, 0.25) is 5.02 Å². The maximum absolute atomic E-state index is 6.14. The molecule has 0 unspecified atom stereocenters. The third-order valence-corrected chi connectivity index (χ3v) is 4.57. The molecule has 0 aliphatic heterocycles. The summed E-state index contributed by atoms with van der Waals surface area (Å²) in [6.07, 6.45) is 1.61. The van der Waals surface area contributed by atoms with Gasteiger partial charge in [-0.3, -0.25) is 0 Å². The second kappa shape index (κ2) is 7.08. The summed E-state index contributed by atoms with van der Waals surface area (Å²) in [7, 11) is 0. The number of aromatic nitrogens is 6. The van der Waals surface area contributed by atoms with Crippen LogP contribution in [0.25, 0.3) is 11.5 Å². The number of halogens is 1. The van der Waals surface area contributed by atoms with E-state index in [0.717, 1.165) is 5.76 Å². The van der Waals surface area contributed by atoms with Crippen LogP contribution in [0.15, 0.2) is 56.8 Å². The van der Waals surface area contributed by atoms with Gasteiger partial charge < -0.3 is 8.94 Å². The monoisotopic (exact) mass is 374 g/mol. The van der Waals surface area contributed by atoms with Gasteiger partial charge in [-0.2, -0.15) is 4.98 Å². The molecule has 0 saturated carbocycles. The van der Waals surface area contributed by atoms with E-state index in [4.69, 9.17) is 20.5 Å². The van der Waals surface area contributed by atoms with Crippen LogP contribution < -0.4 is 0 Å². The Bertz CT molecular complexity index is 968. The Labute approximate surface area is 151 Å². The number of rotatable bonds is 6. The van der Waals surface area contributed by atoms with Gasteiger partial charge in [0.2, 0.25) is 5.16 Å². The van der Waals surface area contributed by atoms with E-state index >= 15 is 0 Å². The molecule has 0 bridgehead atoms. The van der Waals surface area contributed by atoms with E-state index < -0.39 is 0 Å². The van der Waals surface area contributed by atoms with Crippen LogP contribution >= 0.6 is 23.4 Å². The van der Waals surface area contributed by atoms with Crippen LogP contribution in [0.4, 0.5) is 0 Å². The van der Waals surface area contributed by atoms with Crippen LogP contribution in [0.1, 0.15) is 11.6 Å². The molecule has 4 aromatic rings. The smallest absolute Gasteiger partial charge is 0.259 e. The van der Waals surface area contributed by atoms with Crippen molar-refractivity contribution in [2.24, 2.45) is 0 Å². The van der Waals surface area contributed by atoms with E-state index in [1.54, 1.807) is 17.0 Å². The summed E-state index contributed by atoms with van der Waals surface area (Å²) >= 11 is 7.55. The zero-order chi connectivity index (χ0) is 17.1. The minimum atomic E-state index is 0.386. The Morgan fingerprint density at radius 3 is 2.92 bits per heavy atom. The normalized spacial score (nSPS) is 11.1. The van der Waals surface area contributed by atoms with E-state index in [0.29, 0.717) is 39.8 Å². The highest BCUT2D eigenvalue weighted by Gasteiger charge is 2.14. The molecule has 1 aromatic carbocycles. The number of thioether (sulfide) groups is 1. The van der Waals surface area contributed by atoms with Crippen molar-refractivity contribution in [1.82, 2.24) is 30.3 Å². The van der Waals surface area contributed by atoms with E-state index in [1.807, 2.05) is 30.3 Å². The third kappa shape index (κ3) is 3.57. The molecule has 10 heteroatoms. The average molecular weight is 375 g/mol. The summed E-state index contributed by atoms with van der Waals surface area (Å²) in [6, 6.07) is 11.0. The zero-order valence-electron chi connectivity index (χ0n) is 12.7. The molecule has 0 radical (unpaired) electrons. The maximum Gasteiger partial charge on any atom is 0.259 e. The predicted molar refractivity (Wildman–Crippen MR) is 89.9 cm³/mol. The van der Waals surface area contributed by atoms with Gasteiger partial charge in [0.05, 0.1) is 22.6 Å². The summed E-state index contributed by atoms with van der Waals surface area (Å²) in [5.41, 5.74) is 0.704. The molecule has 0 spiro atoms. The van der Waals surface area contributed by atoms with Gasteiger partial charge in [-0.15, -0.1) is 5.10 Å². The Hall–Kier alpha value is -2.65. The standard InChI is InChI=1S/C15H11ClN6O2S/c16-12-6-2-1-5-11(12)14-17-13(19-24-14)9-25-15-18-20-21-22(15)8-10-4-3-7-23-10/h1-7H,8-9H2. The van der Waals surface area contributed by atoms with Gasteiger partial charge in [0.15, 0.2) is 5.82 Å². The first-order chi connectivity index (χ1) is 12.3. The third-order valence-electron chi connectivity index (χ3n) is 3.29. The van der Waals surface area contributed by atoms with Crippen LogP contribution in [-0.2, 0) is 12.3 Å². The predicted octanol–water partition coefficient (Wildman–Crippen LogP) is 3.31. The summed E-state index contributed by atoms with van der Waals surface area (Å²) in [5, 5.41) is 16.8. The number of furan rings is 1. The molecule has 8 nitrogen and oxygen atoms in total. The largest absolute Gasteiger partial charge is 0.467 e. The lowest BCUT2D eigenvalue weighted by Crippen LogP contribution is -2.03. The number of hydrogen-bond donors (Lipinski definition) is 0. The molecule has 4 rings (SSSR count). The minimum Gasteiger partial charge on any atom is -0.467 e. The fourth-order valence-electron chi connectivity index (χ4n) is 2.13. The van der Waals surface area contributed by atoms with Crippen molar-refractivity contribution >= 4 is 23.4 Å². The van der Waals surface area contributed by atoms with Gasteiger partial charge in [0.25, 0.3) is 5.89 Å². The molecule has 0 aliphatic rings. The lowest BCUT2D eigenvalue weighted by Gasteiger charge is -2.00. The zero-order valence-corrected chi connectivity index (χ0v) is 14.3. The Balaban J connectivity index is 1.45. The topological polar surface area (TPSA) is 95.7 Å². The molecule has 0 saturated heterocycles. The molecule has 0 amide bonds.